The highest BCUT2D eigenvalue weighted by Crippen LogP contribution is 2.28. The summed E-state index contributed by atoms with van der Waals surface area (Å²) in [5.74, 6) is -2.85. The minimum Gasteiger partial charge on any atom is -0.508 e. The van der Waals surface area contributed by atoms with Crippen molar-refractivity contribution in [2.24, 2.45) is 5.92 Å². The van der Waals surface area contributed by atoms with Crippen molar-refractivity contribution < 1.29 is 24.6 Å². The van der Waals surface area contributed by atoms with E-state index in [1.54, 1.807) is 36.1 Å². The summed E-state index contributed by atoms with van der Waals surface area (Å²) in [6.45, 7) is 8.57. The Hall–Kier alpha value is -4.19. The third kappa shape index (κ3) is 7.94. The van der Waals surface area contributed by atoms with Gasteiger partial charge in [0.05, 0.1) is 5.92 Å². The number of amides is 2. The highest BCUT2D eigenvalue weighted by Gasteiger charge is 2.25. The van der Waals surface area contributed by atoms with E-state index in [0.29, 0.717) is 56.0 Å². The number of nitrogens with one attached hydrogen (secondary N) is 3. The van der Waals surface area contributed by atoms with E-state index in [1.807, 2.05) is 31.2 Å². The van der Waals surface area contributed by atoms with Crippen LogP contribution in [-0.2, 0) is 20.9 Å². The summed E-state index contributed by atoms with van der Waals surface area (Å²) in [6.07, 6.45) is 0.547. The summed E-state index contributed by atoms with van der Waals surface area (Å²) in [6, 6.07) is 11.9. The minimum atomic E-state index is -0.895. The SMILES string of the molecule is [B]NC(=O)C(=N)N(C(=N)c1ccc(O)c(C(C)C)c1)c1ccc(CN2CCN(C(=O)CCC(C)C(=O)O)CC2)cc1. The Balaban J connectivity index is 1.69. The van der Waals surface area contributed by atoms with Gasteiger partial charge >= 0.3 is 5.97 Å². The molecule has 3 rings (SSSR count). The van der Waals surface area contributed by atoms with Crippen LogP contribution >= 0.6 is 0 Å². The van der Waals surface area contributed by atoms with Gasteiger partial charge in [-0.25, -0.2) is 0 Å². The van der Waals surface area contributed by atoms with E-state index in [2.05, 4.69) is 4.90 Å². The van der Waals surface area contributed by atoms with Crippen LogP contribution in [0.2, 0.25) is 0 Å². The Morgan fingerprint density at radius 3 is 2.22 bits per heavy atom. The first-order chi connectivity index (χ1) is 19.4. The summed E-state index contributed by atoms with van der Waals surface area (Å²) in [7, 11) is 5.29. The van der Waals surface area contributed by atoms with Gasteiger partial charge in [-0.2, -0.15) is 0 Å². The van der Waals surface area contributed by atoms with Gasteiger partial charge < -0.3 is 20.3 Å². The molecule has 0 bridgehead atoms. The van der Waals surface area contributed by atoms with Gasteiger partial charge in [0, 0.05) is 50.4 Å². The monoisotopic (exact) mass is 560 g/mol. The maximum absolute atomic E-state index is 12.5. The molecule has 0 saturated carbocycles. The number of nitrogens with zero attached hydrogens (tertiary/aromatic N) is 3. The first-order valence-electron chi connectivity index (χ1n) is 13.6. The standard InChI is InChI=1S/C29H37BN6O5/c1-18(2)23-16-21(7-10-24(23)37)26(31)36(27(32)28(39)33-30)22-8-5-20(6-9-22)17-34-12-14-35(15-13-34)25(38)11-4-19(3)29(40)41/h5-10,16,18-19,31-32,37H,4,11-15,17H2,1-3H3,(H,33,39)(H,40,41). The van der Waals surface area contributed by atoms with E-state index in [4.69, 9.17) is 23.9 Å². The maximum Gasteiger partial charge on any atom is 0.306 e. The van der Waals surface area contributed by atoms with E-state index in [9.17, 15) is 19.5 Å². The fraction of sp³-hybridized carbons (Fsp3) is 0.414. The van der Waals surface area contributed by atoms with Crippen molar-refractivity contribution in [1.29, 1.82) is 10.8 Å². The Morgan fingerprint density at radius 1 is 1.02 bits per heavy atom. The molecule has 1 aliphatic rings. The van der Waals surface area contributed by atoms with E-state index >= 15 is 0 Å². The molecule has 1 fully saturated rings. The lowest BCUT2D eigenvalue weighted by molar-refractivity contribution is -0.141. The highest BCUT2D eigenvalue weighted by molar-refractivity contribution is 6.51. The van der Waals surface area contributed by atoms with Crippen molar-refractivity contribution in [3.63, 3.8) is 0 Å². The third-order valence-corrected chi connectivity index (χ3v) is 7.25. The number of phenols is 1. The zero-order chi connectivity index (χ0) is 30.3. The lowest BCUT2D eigenvalue weighted by atomic mass is 9.98. The molecular formula is C29H37BN6O5. The molecule has 2 radical (unpaired) electrons. The molecule has 41 heavy (non-hydrogen) atoms. The summed E-state index contributed by atoms with van der Waals surface area (Å²) in [4.78, 5) is 41.0. The predicted molar refractivity (Wildman–Crippen MR) is 157 cm³/mol. The Bertz CT molecular complexity index is 1290. The van der Waals surface area contributed by atoms with Gasteiger partial charge in [0.25, 0.3) is 5.91 Å². The van der Waals surface area contributed by atoms with E-state index in [1.165, 1.54) is 11.0 Å². The van der Waals surface area contributed by atoms with Crippen molar-refractivity contribution in [1.82, 2.24) is 15.0 Å². The Labute approximate surface area is 241 Å². The largest absolute Gasteiger partial charge is 0.508 e. The summed E-state index contributed by atoms with van der Waals surface area (Å²) >= 11 is 0. The number of carbonyl (C=O) groups excluding carboxylic acids is 2. The van der Waals surface area contributed by atoms with Crippen molar-refractivity contribution in [3.05, 3.63) is 59.2 Å². The van der Waals surface area contributed by atoms with Crippen LogP contribution in [0, 0.1) is 16.7 Å². The first-order valence-corrected chi connectivity index (χ1v) is 13.6. The van der Waals surface area contributed by atoms with Gasteiger partial charge in [0.1, 0.15) is 11.6 Å². The number of carboxylic acid groups (broad SMARTS) is 1. The molecule has 1 aliphatic heterocycles. The minimum absolute atomic E-state index is 0.00268. The van der Waals surface area contributed by atoms with Crippen molar-refractivity contribution in [3.8, 4) is 5.75 Å². The molecule has 0 aliphatic carbocycles. The van der Waals surface area contributed by atoms with Crippen LogP contribution in [0.5, 0.6) is 5.75 Å². The molecule has 12 heteroatoms. The number of aromatic hydroxyl groups is 1. The summed E-state index contributed by atoms with van der Waals surface area (Å²) < 4.78 is 0. The Morgan fingerprint density at radius 2 is 1.66 bits per heavy atom. The van der Waals surface area contributed by atoms with Gasteiger partial charge in [-0.15, -0.1) is 0 Å². The molecule has 5 N–H and O–H groups in total. The molecule has 2 aromatic rings. The number of carboxylic acids is 1. The molecule has 216 valence electrons. The number of rotatable bonds is 9. The van der Waals surface area contributed by atoms with Crippen molar-refractivity contribution >= 4 is 43.1 Å². The number of anilines is 1. The molecule has 0 spiro atoms. The molecule has 0 aromatic heterocycles. The highest BCUT2D eigenvalue weighted by atomic mass is 16.4. The number of piperazine rings is 1. The smallest absolute Gasteiger partial charge is 0.306 e. The molecule has 2 aromatic carbocycles. The van der Waals surface area contributed by atoms with Crippen molar-refractivity contribution in [2.75, 3.05) is 31.1 Å². The van der Waals surface area contributed by atoms with Crippen LogP contribution in [0.4, 0.5) is 5.69 Å². The lowest BCUT2D eigenvalue weighted by Gasteiger charge is -2.35. The van der Waals surface area contributed by atoms with Gasteiger partial charge in [-0.05, 0) is 53.8 Å². The number of amidine groups is 2. The number of carbonyl (C=O) groups is 3. The van der Waals surface area contributed by atoms with Crippen LogP contribution in [0.25, 0.3) is 0 Å². The van der Waals surface area contributed by atoms with Crippen LogP contribution < -0.4 is 10.1 Å². The molecule has 1 atom stereocenters. The molecule has 1 heterocycles. The van der Waals surface area contributed by atoms with Gasteiger partial charge in [0.15, 0.2) is 5.84 Å². The molecule has 11 nitrogen and oxygen atoms in total. The average Bonchev–Trinajstić information content (AvgIpc) is 2.96. The van der Waals surface area contributed by atoms with E-state index in [-0.39, 0.29) is 29.8 Å². The van der Waals surface area contributed by atoms with Gasteiger partial charge in [0.2, 0.25) is 13.9 Å². The topological polar surface area (TPSA) is 161 Å². The number of phenolic OH excluding ortho intramolecular Hbond substituents is 1. The average molecular weight is 560 g/mol. The number of aliphatic carboxylic acids is 1. The molecule has 2 amide bonds. The van der Waals surface area contributed by atoms with E-state index in [0.717, 1.165) is 5.56 Å². The number of hydrogen-bond acceptors (Lipinski definition) is 7. The van der Waals surface area contributed by atoms with Gasteiger partial charge in [-0.1, -0.05) is 32.9 Å². The quantitative estimate of drug-likeness (QED) is 0.179. The van der Waals surface area contributed by atoms with Crippen LogP contribution in [-0.4, -0.2) is 83.6 Å². The normalized spacial score (nSPS) is 14.4. The van der Waals surface area contributed by atoms with Gasteiger partial charge in [-0.3, -0.25) is 35.0 Å². The molecule has 1 saturated heterocycles. The summed E-state index contributed by atoms with van der Waals surface area (Å²) in [5.41, 5.74) is 2.48. The number of hydrogen-bond donors (Lipinski definition) is 5. The predicted octanol–water partition coefficient (Wildman–Crippen LogP) is 2.67. The maximum atomic E-state index is 12.5. The zero-order valence-corrected chi connectivity index (χ0v) is 23.7. The number of benzene rings is 2. The summed E-state index contributed by atoms with van der Waals surface area (Å²) in [5, 5.41) is 38.4. The fourth-order valence-corrected chi connectivity index (χ4v) is 4.62. The van der Waals surface area contributed by atoms with Crippen LogP contribution in [0.1, 0.15) is 56.2 Å². The molecule has 1 unspecified atom stereocenters. The van der Waals surface area contributed by atoms with E-state index < -0.39 is 23.6 Å². The fourth-order valence-electron chi connectivity index (χ4n) is 4.62. The van der Waals surface area contributed by atoms with Crippen LogP contribution in [0.15, 0.2) is 42.5 Å². The second-order valence-corrected chi connectivity index (χ2v) is 10.5. The zero-order valence-electron chi connectivity index (χ0n) is 23.7. The first kappa shape index (κ1) is 31.3. The Kier molecular flexibility index (Phi) is 10.7. The van der Waals surface area contributed by atoms with Crippen LogP contribution in [0.3, 0.4) is 0 Å². The second-order valence-electron chi connectivity index (χ2n) is 10.5. The third-order valence-electron chi connectivity index (χ3n) is 7.25. The lowest BCUT2D eigenvalue weighted by Crippen LogP contribution is -2.48. The molecular weight excluding hydrogens is 523 g/mol. The van der Waals surface area contributed by atoms with Crippen molar-refractivity contribution in [2.45, 2.75) is 46.1 Å². The second kappa shape index (κ2) is 13.9.